The number of hydrogen-bond acceptors (Lipinski definition) is 1. The third-order valence-electron chi connectivity index (χ3n) is 11.4. The molecule has 0 unspecified atom stereocenters. The van der Waals surface area contributed by atoms with Gasteiger partial charge in [0.15, 0.2) is 0 Å². The van der Waals surface area contributed by atoms with Crippen LogP contribution >= 0.6 is 0 Å². The Balaban J connectivity index is 1.20. The van der Waals surface area contributed by atoms with Crippen LogP contribution in [0.4, 0.5) is 0 Å². The number of benzene rings is 8. The van der Waals surface area contributed by atoms with Crippen LogP contribution in [0.1, 0.15) is 25.0 Å². The van der Waals surface area contributed by atoms with E-state index in [0.717, 1.165) is 5.39 Å². The van der Waals surface area contributed by atoms with Gasteiger partial charge in [-0.25, -0.2) is 0 Å². The van der Waals surface area contributed by atoms with Crippen molar-refractivity contribution in [1.82, 2.24) is 4.98 Å². The number of pyridine rings is 1. The number of fused-ring (bicyclic) bond motifs is 5. The first kappa shape index (κ1) is 31.2. The van der Waals surface area contributed by atoms with Crippen LogP contribution in [0.15, 0.2) is 188 Å². The summed E-state index contributed by atoms with van der Waals surface area (Å²) < 4.78 is 0. The van der Waals surface area contributed by atoms with E-state index in [-0.39, 0.29) is 5.41 Å². The van der Waals surface area contributed by atoms with Gasteiger partial charge in [-0.15, -0.1) is 0 Å². The average Bonchev–Trinajstić information content (AvgIpc) is 3.46. The van der Waals surface area contributed by atoms with Gasteiger partial charge in [0.05, 0.1) is 0 Å². The summed E-state index contributed by atoms with van der Waals surface area (Å²) in [7, 11) is 0. The SMILES string of the molecule is CC1(C)c2ccccc2-c2ccc(-c3ccc4c(-c5ccc(-c6ccccc6)cc5)c5cnccc5c(-c5ccc(-c6ccccc6)cc5)c4c3)cc21. The quantitative estimate of drug-likeness (QED) is 0.165. The Labute approximate surface area is 310 Å². The highest BCUT2D eigenvalue weighted by Crippen LogP contribution is 2.50. The van der Waals surface area contributed by atoms with Gasteiger partial charge in [0.2, 0.25) is 0 Å². The highest BCUT2D eigenvalue weighted by atomic mass is 14.6. The number of aromatic nitrogens is 1. The molecule has 0 aliphatic heterocycles. The third-order valence-corrected chi connectivity index (χ3v) is 11.4. The molecule has 9 aromatic rings. The minimum Gasteiger partial charge on any atom is -0.264 e. The van der Waals surface area contributed by atoms with E-state index in [1.54, 1.807) is 0 Å². The lowest BCUT2D eigenvalue weighted by atomic mass is 9.81. The fourth-order valence-electron chi connectivity index (χ4n) is 8.68. The summed E-state index contributed by atoms with van der Waals surface area (Å²) in [6.07, 6.45) is 3.98. The highest BCUT2D eigenvalue weighted by molar-refractivity contribution is 6.21. The van der Waals surface area contributed by atoms with Gasteiger partial charge in [-0.1, -0.05) is 172 Å². The van der Waals surface area contributed by atoms with E-state index in [4.69, 9.17) is 0 Å². The summed E-state index contributed by atoms with van der Waals surface area (Å²) in [4.78, 5) is 4.69. The Morgan fingerprint density at radius 3 is 1.47 bits per heavy atom. The summed E-state index contributed by atoms with van der Waals surface area (Å²) in [6, 6.07) is 64.5. The Bertz CT molecular complexity index is 2810. The molecule has 0 atom stereocenters. The number of rotatable bonds is 5. The summed E-state index contributed by atoms with van der Waals surface area (Å²) in [6.45, 7) is 4.71. The maximum atomic E-state index is 4.69. The molecule has 0 fully saturated rings. The Morgan fingerprint density at radius 1 is 0.340 bits per heavy atom. The van der Waals surface area contributed by atoms with Gasteiger partial charge >= 0.3 is 0 Å². The predicted molar refractivity (Wildman–Crippen MR) is 224 cm³/mol. The lowest BCUT2D eigenvalue weighted by Crippen LogP contribution is -2.14. The predicted octanol–water partition coefficient (Wildman–Crippen LogP) is 14.0. The molecule has 10 rings (SSSR count). The molecule has 0 bridgehead atoms. The molecule has 1 aromatic heterocycles. The van der Waals surface area contributed by atoms with Crippen molar-refractivity contribution in [3.8, 4) is 66.8 Å². The van der Waals surface area contributed by atoms with Crippen LogP contribution in [-0.4, -0.2) is 4.98 Å². The second-order valence-electron chi connectivity index (χ2n) is 14.7. The second kappa shape index (κ2) is 12.3. The first-order valence-corrected chi connectivity index (χ1v) is 18.4. The Hall–Kier alpha value is -6.57. The standard InChI is InChI=1S/C52H37N/c1-52(2)48-16-10-9-15-42(48)43-27-25-41(32-49(43)52)40-26-28-44-46(31-40)50(38-21-17-36(18-22-38)34-11-5-3-6-12-34)45-29-30-53-33-47(45)51(44)39-23-19-37(20-24-39)35-13-7-4-8-14-35/h3-33H,1-2H3. The van der Waals surface area contributed by atoms with Gasteiger partial charge in [-0.2, -0.15) is 0 Å². The monoisotopic (exact) mass is 675 g/mol. The van der Waals surface area contributed by atoms with Crippen LogP contribution in [0.5, 0.6) is 0 Å². The zero-order chi connectivity index (χ0) is 35.5. The molecule has 53 heavy (non-hydrogen) atoms. The van der Waals surface area contributed by atoms with Crippen molar-refractivity contribution in [3.63, 3.8) is 0 Å². The van der Waals surface area contributed by atoms with E-state index in [1.165, 1.54) is 94.0 Å². The van der Waals surface area contributed by atoms with Gasteiger partial charge in [-0.05, 0) is 112 Å². The van der Waals surface area contributed by atoms with Crippen LogP contribution < -0.4 is 0 Å². The molecule has 0 saturated heterocycles. The highest BCUT2D eigenvalue weighted by Gasteiger charge is 2.35. The van der Waals surface area contributed by atoms with Crippen LogP contribution in [0.25, 0.3) is 88.3 Å². The smallest absolute Gasteiger partial charge is 0.0353 e. The molecular formula is C52H37N. The Kier molecular flexibility index (Phi) is 7.23. The molecule has 250 valence electrons. The van der Waals surface area contributed by atoms with E-state index in [0.29, 0.717) is 0 Å². The van der Waals surface area contributed by atoms with Gasteiger partial charge in [0, 0.05) is 23.2 Å². The van der Waals surface area contributed by atoms with Crippen LogP contribution in [0.2, 0.25) is 0 Å². The van der Waals surface area contributed by atoms with Gasteiger partial charge in [-0.3, -0.25) is 4.98 Å². The van der Waals surface area contributed by atoms with Gasteiger partial charge in [0.1, 0.15) is 0 Å². The molecule has 1 heteroatoms. The molecule has 0 amide bonds. The first-order valence-electron chi connectivity index (χ1n) is 18.4. The largest absolute Gasteiger partial charge is 0.264 e. The molecule has 0 N–H and O–H groups in total. The zero-order valence-corrected chi connectivity index (χ0v) is 29.8. The molecule has 1 heterocycles. The van der Waals surface area contributed by atoms with Crippen molar-refractivity contribution in [2.75, 3.05) is 0 Å². The summed E-state index contributed by atoms with van der Waals surface area (Å²) in [5.74, 6) is 0. The van der Waals surface area contributed by atoms with Crippen molar-refractivity contribution >= 4 is 21.5 Å². The Morgan fingerprint density at radius 2 is 0.811 bits per heavy atom. The zero-order valence-electron chi connectivity index (χ0n) is 29.8. The normalized spacial score (nSPS) is 12.9. The fourth-order valence-corrected chi connectivity index (χ4v) is 8.68. The second-order valence-corrected chi connectivity index (χ2v) is 14.7. The van der Waals surface area contributed by atoms with Gasteiger partial charge < -0.3 is 0 Å². The van der Waals surface area contributed by atoms with Crippen molar-refractivity contribution in [1.29, 1.82) is 0 Å². The van der Waals surface area contributed by atoms with E-state index in [1.807, 2.05) is 12.4 Å². The minimum atomic E-state index is -0.0628. The maximum Gasteiger partial charge on any atom is 0.0353 e. The minimum absolute atomic E-state index is 0.0628. The van der Waals surface area contributed by atoms with Crippen molar-refractivity contribution in [2.24, 2.45) is 0 Å². The average molecular weight is 676 g/mol. The van der Waals surface area contributed by atoms with Crippen LogP contribution in [-0.2, 0) is 5.41 Å². The summed E-state index contributed by atoms with van der Waals surface area (Å²) in [5, 5.41) is 4.81. The van der Waals surface area contributed by atoms with Crippen molar-refractivity contribution in [2.45, 2.75) is 19.3 Å². The van der Waals surface area contributed by atoms with E-state index in [2.05, 4.69) is 195 Å². The summed E-state index contributed by atoms with van der Waals surface area (Å²) >= 11 is 0. The molecular weight excluding hydrogens is 639 g/mol. The van der Waals surface area contributed by atoms with Crippen LogP contribution in [0.3, 0.4) is 0 Å². The van der Waals surface area contributed by atoms with E-state index < -0.39 is 0 Å². The lowest BCUT2D eigenvalue weighted by Gasteiger charge is -2.22. The molecule has 1 aliphatic rings. The molecule has 0 radical (unpaired) electrons. The van der Waals surface area contributed by atoms with E-state index in [9.17, 15) is 0 Å². The molecule has 0 spiro atoms. The fraction of sp³-hybridized carbons (Fsp3) is 0.0577. The number of hydrogen-bond donors (Lipinski definition) is 0. The number of nitrogens with zero attached hydrogens (tertiary/aromatic N) is 1. The molecule has 8 aromatic carbocycles. The molecule has 1 nitrogen and oxygen atoms in total. The molecule has 0 saturated carbocycles. The maximum absolute atomic E-state index is 4.69. The van der Waals surface area contributed by atoms with Crippen LogP contribution in [0, 0.1) is 0 Å². The first-order chi connectivity index (χ1) is 26.0. The third kappa shape index (κ3) is 5.12. The van der Waals surface area contributed by atoms with Gasteiger partial charge in [0.25, 0.3) is 0 Å². The van der Waals surface area contributed by atoms with Crippen molar-refractivity contribution in [3.05, 3.63) is 199 Å². The summed E-state index contributed by atoms with van der Waals surface area (Å²) in [5.41, 5.74) is 17.5. The topological polar surface area (TPSA) is 12.9 Å². The van der Waals surface area contributed by atoms with E-state index >= 15 is 0 Å². The lowest BCUT2D eigenvalue weighted by molar-refractivity contribution is 0.660. The van der Waals surface area contributed by atoms with Crippen molar-refractivity contribution < 1.29 is 0 Å². The molecule has 1 aliphatic carbocycles.